The fourth-order valence-electron chi connectivity index (χ4n) is 3.04. The number of aromatic hydroxyl groups is 1. The van der Waals surface area contributed by atoms with Crippen molar-refractivity contribution in [3.63, 3.8) is 0 Å². The van der Waals surface area contributed by atoms with Gasteiger partial charge in [-0.05, 0) is 46.2 Å². The minimum Gasteiger partial charge on any atom is -0.507 e. The summed E-state index contributed by atoms with van der Waals surface area (Å²) in [7, 11) is 0. The van der Waals surface area contributed by atoms with Gasteiger partial charge in [0.1, 0.15) is 5.75 Å². The SMILES string of the molecule is Oc1ccc2c3c1ccc1cccc(c13)CC2. The molecule has 0 unspecified atom stereocenters. The lowest BCUT2D eigenvalue weighted by atomic mass is 9.86. The molecule has 4 rings (SSSR count). The molecule has 1 N–H and O–H groups in total. The average molecular weight is 220 g/mol. The first-order chi connectivity index (χ1) is 8.34. The highest BCUT2D eigenvalue weighted by Gasteiger charge is 2.16. The van der Waals surface area contributed by atoms with E-state index < -0.39 is 0 Å². The average Bonchev–Trinajstić information content (AvgIpc) is 2.38. The molecule has 0 saturated carbocycles. The number of phenolic OH excluding ortho intramolecular Hbond substituents is 1. The zero-order chi connectivity index (χ0) is 11.4. The Morgan fingerprint density at radius 3 is 2.47 bits per heavy atom. The minimum atomic E-state index is 0.391. The first-order valence-electron chi connectivity index (χ1n) is 6.00. The van der Waals surface area contributed by atoms with Gasteiger partial charge in [-0.1, -0.05) is 36.4 Å². The lowest BCUT2D eigenvalue weighted by Crippen LogP contribution is -2.00. The van der Waals surface area contributed by atoms with Crippen LogP contribution in [0.15, 0.2) is 42.5 Å². The second-order valence-electron chi connectivity index (χ2n) is 4.75. The van der Waals surface area contributed by atoms with Crippen LogP contribution in [0.2, 0.25) is 0 Å². The van der Waals surface area contributed by atoms with Crippen molar-refractivity contribution in [1.29, 1.82) is 0 Å². The summed E-state index contributed by atoms with van der Waals surface area (Å²) < 4.78 is 0. The lowest BCUT2D eigenvalue weighted by Gasteiger charge is -2.18. The summed E-state index contributed by atoms with van der Waals surface area (Å²) in [5.74, 6) is 0.391. The van der Waals surface area contributed by atoms with E-state index in [0.717, 1.165) is 18.2 Å². The molecule has 3 aromatic carbocycles. The molecule has 0 aromatic heterocycles. The lowest BCUT2D eigenvalue weighted by molar-refractivity contribution is 0.481. The summed E-state index contributed by atoms with van der Waals surface area (Å²) in [6.45, 7) is 0. The highest BCUT2D eigenvalue weighted by atomic mass is 16.3. The topological polar surface area (TPSA) is 20.2 Å². The molecular weight excluding hydrogens is 208 g/mol. The predicted octanol–water partition coefficient (Wildman–Crippen LogP) is 3.80. The maximum absolute atomic E-state index is 9.97. The standard InChI is InChI=1S/C16H12O/c17-14-9-7-12-5-4-10-2-1-3-11-6-8-13(14)16(12)15(10)11/h1-3,6-9,17H,4-5H2. The Kier molecular flexibility index (Phi) is 1.60. The van der Waals surface area contributed by atoms with Crippen LogP contribution in [0.5, 0.6) is 5.75 Å². The molecular formula is C16H12O. The fourth-order valence-corrected chi connectivity index (χ4v) is 3.04. The van der Waals surface area contributed by atoms with Crippen molar-refractivity contribution in [2.24, 2.45) is 0 Å². The van der Waals surface area contributed by atoms with E-state index in [1.165, 1.54) is 27.3 Å². The van der Waals surface area contributed by atoms with Crippen LogP contribution in [0.4, 0.5) is 0 Å². The van der Waals surface area contributed by atoms with Crippen LogP contribution in [0.1, 0.15) is 11.1 Å². The van der Waals surface area contributed by atoms with E-state index in [-0.39, 0.29) is 0 Å². The van der Waals surface area contributed by atoms with Gasteiger partial charge in [-0.15, -0.1) is 0 Å². The Balaban J connectivity index is 2.39. The number of aryl methyl sites for hydroxylation is 2. The molecule has 17 heavy (non-hydrogen) atoms. The molecule has 0 radical (unpaired) electrons. The molecule has 0 amide bonds. The molecule has 82 valence electrons. The van der Waals surface area contributed by atoms with Gasteiger partial charge in [-0.2, -0.15) is 0 Å². The van der Waals surface area contributed by atoms with Crippen molar-refractivity contribution in [3.8, 4) is 5.75 Å². The summed E-state index contributed by atoms with van der Waals surface area (Å²) >= 11 is 0. The molecule has 1 aliphatic carbocycles. The zero-order valence-electron chi connectivity index (χ0n) is 9.40. The van der Waals surface area contributed by atoms with Gasteiger partial charge in [0.05, 0.1) is 0 Å². The Hall–Kier alpha value is -2.02. The molecule has 0 saturated heterocycles. The number of hydrogen-bond acceptors (Lipinski definition) is 1. The van der Waals surface area contributed by atoms with E-state index in [4.69, 9.17) is 0 Å². The summed E-state index contributed by atoms with van der Waals surface area (Å²) in [5.41, 5.74) is 2.77. The molecule has 0 aliphatic heterocycles. The van der Waals surface area contributed by atoms with Gasteiger partial charge in [-0.25, -0.2) is 0 Å². The normalized spacial score (nSPS) is 13.6. The zero-order valence-corrected chi connectivity index (χ0v) is 9.40. The molecule has 1 aliphatic rings. The molecule has 0 spiro atoms. The van der Waals surface area contributed by atoms with Crippen LogP contribution in [0, 0.1) is 0 Å². The maximum Gasteiger partial charge on any atom is 0.123 e. The van der Waals surface area contributed by atoms with E-state index >= 15 is 0 Å². The van der Waals surface area contributed by atoms with Crippen LogP contribution < -0.4 is 0 Å². The predicted molar refractivity (Wildman–Crippen MR) is 70.5 cm³/mol. The van der Waals surface area contributed by atoms with Crippen molar-refractivity contribution in [3.05, 3.63) is 53.6 Å². The van der Waals surface area contributed by atoms with E-state index in [1.807, 2.05) is 12.1 Å². The van der Waals surface area contributed by atoms with Crippen molar-refractivity contribution >= 4 is 21.5 Å². The Morgan fingerprint density at radius 1 is 0.765 bits per heavy atom. The number of rotatable bonds is 0. The van der Waals surface area contributed by atoms with Crippen LogP contribution >= 0.6 is 0 Å². The van der Waals surface area contributed by atoms with Crippen molar-refractivity contribution in [2.75, 3.05) is 0 Å². The molecule has 1 heteroatoms. The quantitative estimate of drug-likeness (QED) is 0.571. The smallest absolute Gasteiger partial charge is 0.123 e. The molecule has 3 aromatic rings. The first-order valence-corrected chi connectivity index (χ1v) is 6.00. The van der Waals surface area contributed by atoms with Crippen LogP contribution in [-0.4, -0.2) is 5.11 Å². The van der Waals surface area contributed by atoms with Gasteiger partial charge in [0.2, 0.25) is 0 Å². The van der Waals surface area contributed by atoms with Gasteiger partial charge >= 0.3 is 0 Å². The fraction of sp³-hybridized carbons (Fsp3) is 0.125. The number of hydrogen-bond donors (Lipinski definition) is 1. The molecule has 1 nitrogen and oxygen atoms in total. The summed E-state index contributed by atoms with van der Waals surface area (Å²) in [6, 6.07) is 14.5. The van der Waals surface area contributed by atoms with Crippen LogP contribution in [0.3, 0.4) is 0 Å². The summed E-state index contributed by atoms with van der Waals surface area (Å²) in [4.78, 5) is 0. The molecule has 0 bridgehead atoms. The van der Waals surface area contributed by atoms with Gasteiger partial charge in [0, 0.05) is 5.39 Å². The highest BCUT2D eigenvalue weighted by molar-refractivity contribution is 6.13. The van der Waals surface area contributed by atoms with E-state index in [0.29, 0.717) is 5.75 Å². The number of phenols is 1. The Labute approximate surface area is 99.3 Å². The monoisotopic (exact) mass is 220 g/mol. The van der Waals surface area contributed by atoms with Gasteiger partial charge in [0.15, 0.2) is 0 Å². The maximum atomic E-state index is 9.97. The third-order valence-electron chi connectivity index (χ3n) is 3.84. The minimum absolute atomic E-state index is 0.391. The Morgan fingerprint density at radius 2 is 1.59 bits per heavy atom. The third kappa shape index (κ3) is 1.09. The van der Waals surface area contributed by atoms with E-state index in [1.54, 1.807) is 0 Å². The van der Waals surface area contributed by atoms with E-state index in [9.17, 15) is 5.11 Å². The summed E-state index contributed by atoms with van der Waals surface area (Å²) in [6.07, 6.45) is 2.18. The molecule has 0 atom stereocenters. The van der Waals surface area contributed by atoms with Crippen LogP contribution in [0.25, 0.3) is 21.5 Å². The van der Waals surface area contributed by atoms with Crippen LogP contribution in [-0.2, 0) is 12.8 Å². The molecule has 0 heterocycles. The highest BCUT2D eigenvalue weighted by Crippen LogP contribution is 2.38. The largest absolute Gasteiger partial charge is 0.507 e. The first kappa shape index (κ1) is 9.06. The van der Waals surface area contributed by atoms with Crippen molar-refractivity contribution < 1.29 is 5.11 Å². The Bertz CT molecular complexity index is 756. The van der Waals surface area contributed by atoms with Gasteiger partial charge in [0.25, 0.3) is 0 Å². The van der Waals surface area contributed by atoms with Crippen molar-refractivity contribution in [1.82, 2.24) is 0 Å². The molecule has 0 fully saturated rings. The second kappa shape index (κ2) is 3.01. The number of benzene rings is 3. The second-order valence-corrected chi connectivity index (χ2v) is 4.75. The summed E-state index contributed by atoms with van der Waals surface area (Å²) in [5, 5.41) is 14.8. The van der Waals surface area contributed by atoms with Gasteiger partial charge < -0.3 is 5.11 Å². The van der Waals surface area contributed by atoms with Crippen molar-refractivity contribution in [2.45, 2.75) is 12.8 Å². The van der Waals surface area contributed by atoms with E-state index in [2.05, 4.69) is 30.3 Å². The van der Waals surface area contributed by atoms with Gasteiger partial charge in [-0.3, -0.25) is 0 Å². The third-order valence-corrected chi connectivity index (χ3v) is 3.84.